The van der Waals surface area contributed by atoms with Gasteiger partial charge in [0.25, 0.3) is 0 Å². The van der Waals surface area contributed by atoms with Gasteiger partial charge in [0.1, 0.15) is 11.4 Å². The SMILES string of the molecule is CCC(CCN)N1CC(COCc2cc(C(F)(F)F)cc(C(F)(F)F)c2)(c2ccc(F)cc2)NC1=O. The highest BCUT2D eigenvalue weighted by Crippen LogP contribution is 2.37. The molecule has 0 bridgehead atoms. The van der Waals surface area contributed by atoms with Crippen LogP contribution in [0.15, 0.2) is 42.5 Å². The van der Waals surface area contributed by atoms with Crippen molar-refractivity contribution in [3.63, 3.8) is 0 Å². The average Bonchev–Trinajstić information content (AvgIpc) is 3.13. The number of nitrogens with two attached hydrogens (primary N) is 1. The van der Waals surface area contributed by atoms with Gasteiger partial charge in [0.05, 0.1) is 30.9 Å². The summed E-state index contributed by atoms with van der Waals surface area (Å²) in [6.07, 6.45) is -8.84. The number of amides is 2. The number of carbonyl (C=O) groups is 1. The second kappa shape index (κ2) is 10.6. The molecular weight excluding hydrogens is 495 g/mol. The van der Waals surface area contributed by atoms with E-state index < -0.39 is 47.5 Å². The normalized spacial score (nSPS) is 19.5. The van der Waals surface area contributed by atoms with Gasteiger partial charge in [-0.1, -0.05) is 19.1 Å². The molecule has 0 saturated carbocycles. The molecule has 2 amide bonds. The van der Waals surface area contributed by atoms with Crippen molar-refractivity contribution in [3.8, 4) is 0 Å². The van der Waals surface area contributed by atoms with E-state index in [4.69, 9.17) is 10.5 Å². The number of nitrogens with one attached hydrogen (secondary N) is 1. The van der Waals surface area contributed by atoms with Gasteiger partial charge in [-0.2, -0.15) is 26.3 Å². The van der Waals surface area contributed by atoms with Crippen LogP contribution in [0.5, 0.6) is 0 Å². The van der Waals surface area contributed by atoms with Gasteiger partial charge in [0.15, 0.2) is 0 Å². The zero-order valence-corrected chi connectivity index (χ0v) is 19.3. The van der Waals surface area contributed by atoms with Crippen LogP contribution in [0.3, 0.4) is 0 Å². The van der Waals surface area contributed by atoms with E-state index in [1.165, 1.54) is 24.3 Å². The largest absolute Gasteiger partial charge is 0.416 e. The maximum absolute atomic E-state index is 13.5. The molecule has 2 aromatic carbocycles. The van der Waals surface area contributed by atoms with Gasteiger partial charge in [-0.25, -0.2) is 9.18 Å². The first-order chi connectivity index (χ1) is 16.8. The number of ether oxygens (including phenoxy) is 1. The van der Waals surface area contributed by atoms with Crippen LogP contribution in [0.4, 0.5) is 35.5 Å². The zero-order valence-electron chi connectivity index (χ0n) is 19.3. The summed E-state index contributed by atoms with van der Waals surface area (Å²) in [5.74, 6) is -0.519. The molecule has 2 atom stereocenters. The lowest BCUT2D eigenvalue weighted by molar-refractivity contribution is -0.143. The predicted molar refractivity (Wildman–Crippen MR) is 117 cm³/mol. The second-order valence-corrected chi connectivity index (χ2v) is 8.69. The number of carbonyl (C=O) groups excluding carboxylic acids is 1. The number of rotatable bonds is 9. The highest BCUT2D eigenvalue weighted by molar-refractivity contribution is 5.79. The summed E-state index contributed by atoms with van der Waals surface area (Å²) < 4.78 is 98.2. The summed E-state index contributed by atoms with van der Waals surface area (Å²) in [7, 11) is 0. The smallest absolute Gasteiger partial charge is 0.374 e. The molecule has 1 aliphatic rings. The summed E-state index contributed by atoms with van der Waals surface area (Å²) >= 11 is 0. The fourth-order valence-electron chi connectivity index (χ4n) is 4.29. The number of urea groups is 1. The minimum absolute atomic E-state index is 0.0426. The van der Waals surface area contributed by atoms with E-state index in [0.29, 0.717) is 37.1 Å². The van der Waals surface area contributed by atoms with E-state index in [0.717, 1.165) is 0 Å². The Morgan fingerprint density at radius 2 is 1.64 bits per heavy atom. The molecule has 1 heterocycles. The van der Waals surface area contributed by atoms with Crippen LogP contribution in [0.25, 0.3) is 0 Å². The monoisotopic (exact) mass is 521 g/mol. The molecule has 3 N–H and O–H groups in total. The zero-order chi connectivity index (χ0) is 26.7. The van der Waals surface area contributed by atoms with E-state index >= 15 is 0 Å². The topological polar surface area (TPSA) is 67.6 Å². The van der Waals surface area contributed by atoms with E-state index in [9.17, 15) is 35.5 Å². The van der Waals surface area contributed by atoms with Crippen molar-refractivity contribution in [3.05, 3.63) is 70.5 Å². The Hall–Kier alpha value is -2.86. The molecule has 0 aliphatic carbocycles. The lowest BCUT2D eigenvalue weighted by Gasteiger charge is -2.31. The summed E-state index contributed by atoms with van der Waals surface area (Å²) in [5.41, 5.74) is 1.70. The highest BCUT2D eigenvalue weighted by Gasteiger charge is 2.46. The Balaban J connectivity index is 1.88. The lowest BCUT2D eigenvalue weighted by Crippen LogP contribution is -2.45. The molecule has 2 aromatic rings. The summed E-state index contributed by atoms with van der Waals surface area (Å²) in [6, 6.07) is 5.85. The molecule has 5 nitrogen and oxygen atoms in total. The van der Waals surface area contributed by atoms with Gasteiger partial charge in [0.2, 0.25) is 0 Å². The summed E-state index contributed by atoms with van der Waals surface area (Å²) in [6.45, 7) is 1.45. The van der Waals surface area contributed by atoms with Gasteiger partial charge in [-0.15, -0.1) is 0 Å². The van der Waals surface area contributed by atoms with Gasteiger partial charge in [-0.05, 0) is 60.8 Å². The average molecular weight is 521 g/mol. The molecule has 0 aromatic heterocycles. The van der Waals surface area contributed by atoms with Crippen molar-refractivity contribution < 1.29 is 40.3 Å². The van der Waals surface area contributed by atoms with Gasteiger partial charge in [0, 0.05) is 6.04 Å². The van der Waals surface area contributed by atoms with Crippen molar-refractivity contribution >= 4 is 6.03 Å². The molecule has 36 heavy (non-hydrogen) atoms. The minimum atomic E-state index is -4.98. The van der Waals surface area contributed by atoms with Crippen LogP contribution >= 0.6 is 0 Å². The van der Waals surface area contributed by atoms with Crippen molar-refractivity contribution in [2.45, 2.75) is 50.3 Å². The molecule has 1 fully saturated rings. The fraction of sp³-hybridized carbons (Fsp3) is 0.458. The van der Waals surface area contributed by atoms with Crippen molar-refractivity contribution in [2.75, 3.05) is 19.7 Å². The van der Waals surface area contributed by atoms with Gasteiger partial charge in [-0.3, -0.25) is 0 Å². The molecule has 2 unspecified atom stereocenters. The van der Waals surface area contributed by atoms with Crippen LogP contribution in [-0.2, 0) is 29.2 Å². The van der Waals surface area contributed by atoms with E-state index in [1.807, 2.05) is 6.92 Å². The number of hydrogen-bond acceptors (Lipinski definition) is 3. The quantitative estimate of drug-likeness (QED) is 0.433. The van der Waals surface area contributed by atoms with Crippen LogP contribution in [0.1, 0.15) is 42.0 Å². The summed E-state index contributed by atoms with van der Waals surface area (Å²) in [5, 5.41) is 2.82. The number of hydrogen-bond donors (Lipinski definition) is 2. The Bertz CT molecular complexity index is 1020. The Kier molecular flexibility index (Phi) is 8.19. The molecule has 0 spiro atoms. The number of nitrogens with zero attached hydrogens (tertiary/aromatic N) is 1. The Morgan fingerprint density at radius 3 is 2.14 bits per heavy atom. The Labute approximate surface area is 203 Å². The first-order valence-electron chi connectivity index (χ1n) is 11.2. The highest BCUT2D eigenvalue weighted by atomic mass is 19.4. The molecule has 1 aliphatic heterocycles. The predicted octanol–water partition coefficient (Wildman–Crippen LogP) is 5.43. The molecule has 198 valence electrons. The molecule has 1 saturated heterocycles. The molecular formula is C24H26F7N3O2. The van der Waals surface area contributed by atoms with Crippen LogP contribution in [0.2, 0.25) is 0 Å². The molecule has 3 rings (SSSR count). The maximum atomic E-state index is 13.5. The van der Waals surface area contributed by atoms with Crippen LogP contribution in [0, 0.1) is 5.82 Å². The number of halogens is 7. The molecule has 12 heteroatoms. The first-order valence-corrected chi connectivity index (χ1v) is 11.2. The van der Waals surface area contributed by atoms with Gasteiger partial charge < -0.3 is 20.7 Å². The van der Waals surface area contributed by atoms with Crippen LogP contribution < -0.4 is 11.1 Å². The lowest BCUT2D eigenvalue weighted by atomic mass is 9.91. The molecule has 0 radical (unpaired) electrons. The first kappa shape index (κ1) is 27.7. The third-order valence-electron chi connectivity index (χ3n) is 6.12. The Morgan fingerprint density at radius 1 is 1.06 bits per heavy atom. The van der Waals surface area contributed by atoms with Crippen molar-refractivity contribution in [1.29, 1.82) is 0 Å². The van der Waals surface area contributed by atoms with Crippen molar-refractivity contribution in [1.82, 2.24) is 10.2 Å². The number of benzene rings is 2. The third-order valence-corrected chi connectivity index (χ3v) is 6.12. The third kappa shape index (κ3) is 6.28. The number of alkyl halides is 6. The maximum Gasteiger partial charge on any atom is 0.416 e. The van der Waals surface area contributed by atoms with E-state index in [2.05, 4.69) is 5.32 Å². The van der Waals surface area contributed by atoms with E-state index in [1.54, 1.807) is 4.90 Å². The second-order valence-electron chi connectivity index (χ2n) is 8.69. The summed E-state index contributed by atoms with van der Waals surface area (Å²) in [4.78, 5) is 14.4. The minimum Gasteiger partial charge on any atom is -0.374 e. The van der Waals surface area contributed by atoms with Crippen LogP contribution in [-0.4, -0.2) is 36.7 Å². The fourth-order valence-corrected chi connectivity index (χ4v) is 4.29. The van der Waals surface area contributed by atoms with Crippen molar-refractivity contribution in [2.24, 2.45) is 5.73 Å². The van der Waals surface area contributed by atoms with Gasteiger partial charge >= 0.3 is 18.4 Å². The van der Waals surface area contributed by atoms with E-state index in [-0.39, 0.29) is 30.8 Å². The standard InChI is InChI=1S/C24H26F7N3O2/c1-2-20(7-8-32)34-13-22(33-21(34)35,16-3-5-19(25)6-4-16)14-36-12-15-9-17(23(26,27)28)11-18(10-15)24(29,30)31/h3-6,9-11,20H,2,7-8,12-14,32H2,1H3,(H,33,35).